The van der Waals surface area contributed by atoms with E-state index in [0.29, 0.717) is 50.6 Å². The zero-order valence-corrected chi connectivity index (χ0v) is 20.4. The number of rotatable bonds is 12. The van der Waals surface area contributed by atoms with Gasteiger partial charge in [-0.3, -0.25) is 9.69 Å². The lowest BCUT2D eigenvalue weighted by Crippen LogP contribution is -2.60. The lowest BCUT2D eigenvalue weighted by molar-refractivity contribution is -0.154. The molecule has 1 aromatic rings. The second kappa shape index (κ2) is 14.0. The van der Waals surface area contributed by atoms with Crippen molar-refractivity contribution in [3.63, 3.8) is 0 Å². The zero-order valence-electron chi connectivity index (χ0n) is 20.4. The number of likely N-dealkylation sites (tertiary alicyclic amines) is 1. The van der Waals surface area contributed by atoms with Crippen LogP contribution in [0.2, 0.25) is 0 Å². The van der Waals surface area contributed by atoms with Crippen LogP contribution in [0.3, 0.4) is 0 Å². The number of carbonyl (C=O) groups is 2. The maximum absolute atomic E-state index is 12.9. The van der Waals surface area contributed by atoms with E-state index in [0.717, 1.165) is 25.7 Å². The molecule has 7 nitrogen and oxygen atoms in total. The van der Waals surface area contributed by atoms with Gasteiger partial charge in [0.15, 0.2) is 0 Å². The van der Waals surface area contributed by atoms with E-state index in [9.17, 15) is 9.59 Å². The highest BCUT2D eigenvalue weighted by atomic mass is 16.6. The summed E-state index contributed by atoms with van der Waals surface area (Å²) in [6.45, 7) is 5.76. The van der Waals surface area contributed by atoms with Crippen molar-refractivity contribution in [3.05, 3.63) is 42.5 Å². The number of nitrogens with zero attached hydrogens (tertiary/aromatic N) is 1. The Morgan fingerprint density at radius 1 is 1.27 bits per heavy atom. The summed E-state index contributed by atoms with van der Waals surface area (Å²) in [5.74, 6) is 1.35. The molecule has 1 fully saturated rings. The molecule has 33 heavy (non-hydrogen) atoms. The number of carbonyl (C=O) groups excluding carboxylic acids is 2. The smallest absolute Gasteiger partial charge is 0.410 e. The Bertz CT molecular complexity index is 753. The van der Waals surface area contributed by atoms with Crippen molar-refractivity contribution < 1.29 is 19.1 Å². The second-order valence-corrected chi connectivity index (χ2v) is 9.10. The van der Waals surface area contributed by atoms with Crippen LogP contribution in [-0.4, -0.2) is 49.4 Å². The molecule has 1 heterocycles. The van der Waals surface area contributed by atoms with Gasteiger partial charge in [-0.2, -0.15) is 0 Å². The predicted octanol–water partition coefficient (Wildman–Crippen LogP) is 4.48. The molecule has 2 atom stereocenters. The number of hydrogen-bond donors (Lipinski definition) is 2. The van der Waals surface area contributed by atoms with Crippen LogP contribution in [0.15, 0.2) is 42.5 Å². The first kappa shape index (κ1) is 26.9. The second-order valence-electron chi connectivity index (χ2n) is 9.10. The van der Waals surface area contributed by atoms with Gasteiger partial charge in [-0.15, -0.1) is 0 Å². The van der Waals surface area contributed by atoms with Gasteiger partial charge >= 0.3 is 6.09 Å². The summed E-state index contributed by atoms with van der Waals surface area (Å²) in [7, 11) is 1.60. The Hall–Kier alpha value is -2.38. The van der Waals surface area contributed by atoms with Crippen LogP contribution in [0.5, 0.6) is 5.75 Å². The number of ether oxygens (including phenoxy) is 2. The highest BCUT2D eigenvalue weighted by Crippen LogP contribution is 2.35. The van der Waals surface area contributed by atoms with Gasteiger partial charge in [-0.1, -0.05) is 44.2 Å². The van der Waals surface area contributed by atoms with E-state index in [-0.39, 0.29) is 11.8 Å². The molecule has 184 valence electrons. The molecule has 7 heteroatoms. The Balaban J connectivity index is 1.85. The van der Waals surface area contributed by atoms with Crippen molar-refractivity contribution >= 4 is 12.0 Å². The number of nitrogens with two attached hydrogens (primary N) is 1. The van der Waals surface area contributed by atoms with Gasteiger partial charge in [0.25, 0.3) is 0 Å². The van der Waals surface area contributed by atoms with E-state index in [1.165, 1.54) is 0 Å². The van der Waals surface area contributed by atoms with Crippen molar-refractivity contribution in [2.24, 2.45) is 17.6 Å². The van der Waals surface area contributed by atoms with Crippen LogP contribution in [-0.2, 0) is 9.53 Å². The number of hydrogen-bond acceptors (Lipinski definition) is 5. The predicted molar refractivity (Wildman–Crippen MR) is 131 cm³/mol. The number of nitrogens with one attached hydrogen (secondary N) is 1. The standard InChI is InChI=1S/C26H41N3O4/c1-21(2)11-7-4-5-10-14-24(30)28-20-22-15-18-29(26(19-22,32-3)16-17-27)25(31)33-23-12-8-6-9-13-23/h6-9,11-13,21-22H,4-5,10,14-20,27H2,1-3H3,(H,28,30)/b11-7+. The molecule has 1 aromatic carbocycles. The molecule has 0 bridgehead atoms. The minimum absolute atomic E-state index is 0.0793. The van der Waals surface area contributed by atoms with Crippen molar-refractivity contribution in [3.8, 4) is 5.75 Å². The summed E-state index contributed by atoms with van der Waals surface area (Å²) >= 11 is 0. The number of para-hydroxylation sites is 1. The summed E-state index contributed by atoms with van der Waals surface area (Å²) in [6, 6.07) is 9.01. The first-order valence-electron chi connectivity index (χ1n) is 12.1. The van der Waals surface area contributed by atoms with Gasteiger partial charge in [0.2, 0.25) is 5.91 Å². The minimum atomic E-state index is -0.836. The number of unbranched alkanes of at least 4 members (excludes halogenated alkanes) is 2. The molecule has 2 unspecified atom stereocenters. The molecule has 0 aromatic heterocycles. The fourth-order valence-electron chi connectivity index (χ4n) is 4.28. The molecular weight excluding hydrogens is 418 g/mol. The summed E-state index contributed by atoms with van der Waals surface area (Å²) in [4.78, 5) is 26.9. The average molecular weight is 460 g/mol. The van der Waals surface area contributed by atoms with Crippen LogP contribution in [0, 0.1) is 11.8 Å². The van der Waals surface area contributed by atoms with Crippen molar-refractivity contribution in [2.75, 3.05) is 26.7 Å². The largest absolute Gasteiger partial charge is 0.417 e. The highest BCUT2D eigenvalue weighted by molar-refractivity contribution is 5.75. The van der Waals surface area contributed by atoms with Crippen molar-refractivity contribution in [2.45, 2.75) is 64.5 Å². The van der Waals surface area contributed by atoms with E-state index in [1.54, 1.807) is 24.1 Å². The number of piperidine rings is 1. The molecule has 2 amide bonds. The molecule has 1 saturated heterocycles. The van der Waals surface area contributed by atoms with Gasteiger partial charge < -0.3 is 20.5 Å². The van der Waals surface area contributed by atoms with Gasteiger partial charge in [-0.25, -0.2) is 4.79 Å². The van der Waals surface area contributed by atoms with E-state index in [1.807, 2.05) is 18.2 Å². The topological polar surface area (TPSA) is 93.9 Å². The number of benzene rings is 1. The van der Waals surface area contributed by atoms with Gasteiger partial charge in [0.05, 0.1) is 0 Å². The third kappa shape index (κ3) is 8.82. The van der Waals surface area contributed by atoms with Crippen LogP contribution in [0.4, 0.5) is 4.79 Å². The lowest BCUT2D eigenvalue weighted by Gasteiger charge is -2.47. The summed E-state index contributed by atoms with van der Waals surface area (Å²) in [5, 5.41) is 3.07. The van der Waals surface area contributed by atoms with Crippen LogP contribution >= 0.6 is 0 Å². The fraction of sp³-hybridized carbons (Fsp3) is 0.615. The number of allylic oxidation sites excluding steroid dienone is 2. The van der Waals surface area contributed by atoms with Crippen molar-refractivity contribution in [1.29, 1.82) is 0 Å². The number of methoxy groups -OCH3 is 1. The Morgan fingerprint density at radius 3 is 2.70 bits per heavy atom. The quantitative estimate of drug-likeness (QED) is 0.355. The van der Waals surface area contributed by atoms with Crippen LogP contribution in [0.1, 0.15) is 58.8 Å². The summed E-state index contributed by atoms with van der Waals surface area (Å²) < 4.78 is 11.4. The van der Waals surface area contributed by atoms with Gasteiger partial charge in [0.1, 0.15) is 11.5 Å². The van der Waals surface area contributed by atoms with Gasteiger partial charge in [-0.05, 0) is 56.2 Å². The Morgan fingerprint density at radius 2 is 2.03 bits per heavy atom. The van der Waals surface area contributed by atoms with Gasteiger partial charge in [0, 0.05) is 39.5 Å². The molecule has 3 N–H and O–H groups in total. The first-order valence-corrected chi connectivity index (χ1v) is 12.1. The van der Waals surface area contributed by atoms with E-state index in [4.69, 9.17) is 15.2 Å². The maximum Gasteiger partial charge on any atom is 0.417 e. The molecular formula is C26H41N3O4. The Labute approximate surface area is 198 Å². The van der Waals surface area contributed by atoms with E-state index in [2.05, 4.69) is 31.3 Å². The Kier molecular flexibility index (Phi) is 11.4. The monoisotopic (exact) mass is 459 g/mol. The summed E-state index contributed by atoms with van der Waals surface area (Å²) in [5.41, 5.74) is 5.04. The molecule has 0 radical (unpaired) electrons. The third-order valence-electron chi connectivity index (χ3n) is 6.08. The normalized spacial score (nSPS) is 20.9. The lowest BCUT2D eigenvalue weighted by atomic mass is 9.86. The SMILES string of the molecule is COC1(CCN)CC(CNC(=O)CCCC/C=C/C(C)C)CCN1C(=O)Oc1ccccc1. The van der Waals surface area contributed by atoms with Crippen molar-refractivity contribution in [1.82, 2.24) is 10.2 Å². The maximum atomic E-state index is 12.9. The van der Waals surface area contributed by atoms with Crippen LogP contribution in [0.25, 0.3) is 0 Å². The molecule has 0 aliphatic carbocycles. The molecule has 1 aliphatic heterocycles. The first-order chi connectivity index (χ1) is 15.9. The summed E-state index contributed by atoms with van der Waals surface area (Å²) in [6.07, 6.45) is 9.27. The fourth-order valence-corrected chi connectivity index (χ4v) is 4.28. The molecule has 1 aliphatic rings. The van der Waals surface area contributed by atoms with Crippen LogP contribution < -0.4 is 15.8 Å². The zero-order chi connectivity index (χ0) is 24.1. The highest BCUT2D eigenvalue weighted by Gasteiger charge is 2.45. The molecule has 0 spiro atoms. The van der Waals surface area contributed by atoms with E-state index >= 15 is 0 Å². The average Bonchev–Trinajstić information content (AvgIpc) is 2.80. The molecule has 0 saturated carbocycles. The number of amides is 2. The molecule has 2 rings (SSSR count). The minimum Gasteiger partial charge on any atom is -0.410 e. The van der Waals surface area contributed by atoms with E-state index < -0.39 is 11.8 Å². The third-order valence-corrected chi connectivity index (χ3v) is 6.08.